The Bertz CT molecular complexity index is 913. The largest absolute Gasteiger partial charge is 0.384 e. The maximum atomic E-state index is 14.8. The number of aryl methyl sites for hydroxylation is 1. The minimum absolute atomic E-state index is 0.251. The van der Waals surface area contributed by atoms with Gasteiger partial charge < -0.3 is 4.74 Å². The maximum absolute atomic E-state index is 14.8. The maximum Gasteiger partial charge on any atom is 0.149 e. The Hall–Kier alpha value is -2.32. The summed E-state index contributed by atoms with van der Waals surface area (Å²) >= 11 is 0. The topological polar surface area (TPSA) is 58.8 Å². The second-order valence-corrected chi connectivity index (χ2v) is 8.08. The summed E-state index contributed by atoms with van der Waals surface area (Å²) in [5, 5.41) is 10.2. The summed E-state index contributed by atoms with van der Waals surface area (Å²) in [6.07, 6.45) is 11.9. The fourth-order valence-electron chi connectivity index (χ4n) is 5.06. The minimum atomic E-state index is -0.380. The van der Waals surface area contributed by atoms with Crippen molar-refractivity contribution in [1.82, 2.24) is 9.97 Å². The Morgan fingerprint density at radius 1 is 1.18 bits per heavy atom. The second-order valence-electron chi connectivity index (χ2n) is 8.08. The summed E-state index contributed by atoms with van der Waals surface area (Å²) in [6.45, 7) is 0.547. The molecule has 2 aliphatic carbocycles. The molecule has 2 aromatic heterocycles. The lowest BCUT2D eigenvalue weighted by Gasteiger charge is -2.31. The van der Waals surface area contributed by atoms with E-state index in [-0.39, 0.29) is 11.2 Å². The zero-order valence-corrected chi connectivity index (χ0v) is 16.4. The molecule has 0 unspecified atom stereocenters. The Morgan fingerprint density at radius 2 is 1.96 bits per heavy atom. The van der Waals surface area contributed by atoms with Gasteiger partial charge in [0.15, 0.2) is 0 Å². The van der Waals surface area contributed by atoms with Crippen LogP contribution in [0, 0.1) is 17.1 Å². The van der Waals surface area contributed by atoms with Gasteiger partial charge in [-0.1, -0.05) is 19.3 Å². The van der Waals surface area contributed by atoms with Crippen molar-refractivity contribution in [3.8, 4) is 17.2 Å². The van der Waals surface area contributed by atoms with Gasteiger partial charge in [-0.3, -0.25) is 9.97 Å². The number of rotatable bonds is 4. The van der Waals surface area contributed by atoms with Crippen LogP contribution < -0.4 is 0 Å². The molecule has 0 saturated heterocycles. The van der Waals surface area contributed by atoms with Crippen molar-refractivity contribution < 1.29 is 9.13 Å². The summed E-state index contributed by atoms with van der Waals surface area (Å²) in [6, 6.07) is 4.11. The second kappa shape index (κ2) is 7.97. The minimum Gasteiger partial charge on any atom is -0.384 e. The van der Waals surface area contributed by atoms with Crippen molar-refractivity contribution in [2.75, 3.05) is 13.7 Å². The van der Waals surface area contributed by atoms with Gasteiger partial charge in [-0.25, -0.2) is 4.39 Å². The first kappa shape index (κ1) is 19.0. The number of ether oxygens (including phenoxy) is 1. The standard InChI is InChI=1S/C23H26FN3O/c1-28-15-23(10-5-6-11-23)22-18(13-25)21(16-9-12-26-14-19(16)24)17-7-3-2-4-8-20(17)27-22/h9,12,14H,2-8,10-11,15H2,1H3. The van der Waals surface area contributed by atoms with Gasteiger partial charge >= 0.3 is 0 Å². The Morgan fingerprint density at radius 3 is 2.68 bits per heavy atom. The smallest absolute Gasteiger partial charge is 0.149 e. The average molecular weight is 379 g/mol. The molecule has 2 aliphatic rings. The van der Waals surface area contributed by atoms with Gasteiger partial charge in [0.25, 0.3) is 0 Å². The van der Waals surface area contributed by atoms with Crippen molar-refractivity contribution in [3.63, 3.8) is 0 Å². The summed E-state index contributed by atoms with van der Waals surface area (Å²) in [7, 11) is 1.71. The highest BCUT2D eigenvalue weighted by Gasteiger charge is 2.41. The highest BCUT2D eigenvalue weighted by molar-refractivity contribution is 5.76. The molecule has 1 saturated carbocycles. The summed E-state index contributed by atoms with van der Waals surface area (Å²) in [4.78, 5) is 9.00. The number of methoxy groups -OCH3 is 1. The molecular weight excluding hydrogens is 353 g/mol. The molecular formula is C23H26FN3O. The molecule has 1 fully saturated rings. The van der Waals surface area contributed by atoms with Crippen LogP contribution in [-0.4, -0.2) is 23.7 Å². The van der Waals surface area contributed by atoms with Crippen LogP contribution in [0.15, 0.2) is 18.5 Å². The van der Waals surface area contributed by atoms with Gasteiger partial charge in [0.1, 0.15) is 11.9 Å². The van der Waals surface area contributed by atoms with E-state index in [4.69, 9.17) is 9.72 Å². The molecule has 0 spiro atoms. The number of nitriles is 1. The van der Waals surface area contributed by atoms with Gasteiger partial charge in [-0.2, -0.15) is 5.26 Å². The van der Waals surface area contributed by atoms with Crippen molar-refractivity contribution in [2.24, 2.45) is 0 Å². The van der Waals surface area contributed by atoms with Crippen molar-refractivity contribution in [1.29, 1.82) is 5.26 Å². The van der Waals surface area contributed by atoms with Crippen LogP contribution in [0.3, 0.4) is 0 Å². The molecule has 4 nitrogen and oxygen atoms in total. The van der Waals surface area contributed by atoms with E-state index in [0.717, 1.165) is 80.3 Å². The summed E-state index contributed by atoms with van der Waals surface area (Å²) in [5.74, 6) is -0.380. The number of aromatic nitrogens is 2. The van der Waals surface area contributed by atoms with Gasteiger partial charge in [-0.15, -0.1) is 0 Å². The van der Waals surface area contributed by atoms with E-state index in [0.29, 0.717) is 17.7 Å². The monoisotopic (exact) mass is 379 g/mol. The molecule has 28 heavy (non-hydrogen) atoms. The molecule has 0 aromatic carbocycles. The van der Waals surface area contributed by atoms with Crippen molar-refractivity contribution >= 4 is 0 Å². The number of hydrogen-bond acceptors (Lipinski definition) is 4. The van der Waals surface area contributed by atoms with E-state index in [2.05, 4.69) is 11.1 Å². The molecule has 0 N–H and O–H groups in total. The SMILES string of the molecule is COCC1(c2nc3c(c(-c4ccncc4F)c2C#N)CCCCC3)CCCC1. The van der Waals surface area contributed by atoms with Gasteiger partial charge in [-0.05, 0) is 50.2 Å². The highest BCUT2D eigenvalue weighted by Crippen LogP contribution is 2.45. The molecule has 0 radical (unpaired) electrons. The fraction of sp³-hybridized carbons (Fsp3) is 0.522. The lowest BCUT2D eigenvalue weighted by molar-refractivity contribution is 0.129. The van der Waals surface area contributed by atoms with E-state index in [1.807, 2.05) is 0 Å². The third-order valence-electron chi connectivity index (χ3n) is 6.36. The normalized spacial score (nSPS) is 18.3. The molecule has 0 bridgehead atoms. The predicted molar refractivity (Wildman–Crippen MR) is 105 cm³/mol. The van der Waals surface area contributed by atoms with Crippen LogP contribution in [0.4, 0.5) is 4.39 Å². The lowest BCUT2D eigenvalue weighted by Crippen LogP contribution is -2.31. The molecule has 2 heterocycles. The van der Waals surface area contributed by atoms with E-state index < -0.39 is 0 Å². The lowest BCUT2D eigenvalue weighted by atomic mass is 9.78. The zero-order valence-electron chi connectivity index (χ0n) is 16.4. The predicted octanol–water partition coefficient (Wildman–Crippen LogP) is 4.88. The number of pyridine rings is 2. The van der Waals surface area contributed by atoms with Crippen LogP contribution in [0.2, 0.25) is 0 Å². The van der Waals surface area contributed by atoms with Crippen LogP contribution in [0.5, 0.6) is 0 Å². The van der Waals surface area contributed by atoms with Gasteiger partial charge in [0, 0.05) is 35.5 Å². The van der Waals surface area contributed by atoms with Crippen LogP contribution in [0.1, 0.15) is 67.5 Å². The summed E-state index contributed by atoms with van der Waals surface area (Å²) in [5.41, 5.74) is 4.41. The average Bonchev–Trinajstić information content (AvgIpc) is 3.05. The van der Waals surface area contributed by atoms with Crippen LogP contribution in [-0.2, 0) is 23.0 Å². The van der Waals surface area contributed by atoms with Gasteiger partial charge in [0.05, 0.1) is 24.1 Å². The van der Waals surface area contributed by atoms with Crippen LogP contribution >= 0.6 is 0 Å². The molecule has 0 atom stereocenters. The highest BCUT2D eigenvalue weighted by atomic mass is 19.1. The molecule has 146 valence electrons. The van der Waals surface area contributed by atoms with Crippen LogP contribution in [0.25, 0.3) is 11.1 Å². The van der Waals surface area contributed by atoms with Gasteiger partial charge in [0.2, 0.25) is 0 Å². The first-order valence-electron chi connectivity index (χ1n) is 10.3. The number of hydrogen-bond donors (Lipinski definition) is 0. The zero-order chi connectivity index (χ0) is 19.6. The molecule has 4 rings (SSSR count). The molecule has 0 amide bonds. The Labute approximate surface area is 165 Å². The number of halogens is 1. The number of nitrogens with zero attached hydrogens (tertiary/aromatic N) is 3. The van der Waals surface area contributed by atoms with Crippen molar-refractivity contribution in [2.45, 2.75) is 63.2 Å². The third kappa shape index (κ3) is 3.20. The molecule has 0 aliphatic heterocycles. The quantitative estimate of drug-likeness (QED) is 0.710. The van der Waals surface area contributed by atoms with E-state index in [1.54, 1.807) is 19.4 Å². The van der Waals surface area contributed by atoms with Crippen molar-refractivity contribution in [3.05, 3.63) is 46.8 Å². The number of fused-ring (bicyclic) bond motifs is 1. The first-order valence-corrected chi connectivity index (χ1v) is 10.3. The summed E-state index contributed by atoms with van der Waals surface area (Å²) < 4.78 is 20.4. The first-order chi connectivity index (χ1) is 13.7. The fourth-order valence-corrected chi connectivity index (χ4v) is 5.06. The Kier molecular flexibility index (Phi) is 5.41. The Balaban J connectivity index is 2.04. The van der Waals surface area contributed by atoms with E-state index in [9.17, 15) is 9.65 Å². The van der Waals surface area contributed by atoms with E-state index >= 15 is 0 Å². The third-order valence-corrected chi connectivity index (χ3v) is 6.36. The molecule has 2 aromatic rings. The molecule has 5 heteroatoms. The van der Waals surface area contributed by atoms with E-state index in [1.165, 1.54) is 6.20 Å².